The maximum Gasteiger partial charge on any atom is 0.490 e. The van der Waals surface area contributed by atoms with Crippen LogP contribution < -0.4 is 5.32 Å². The zero-order valence-electron chi connectivity index (χ0n) is 17.5. The number of rotatable bonds is 6. The zero-order valence-corrected chi connectivity index (χ0v) is 19.1. The van der Waals surface area contributed by atoms with Gasteiger partial charge in [-0.1, -0.05) is 34.4 Å². The predicted octanol–water partition coefficient (Wildman–Crippen LogP) is 5.61. The molecule has 3 fully saturated rings. The van der Waals surface area contributed by atoms with E-state index in [4.69, 9.17) is 37.2 Å². The lowest BCUT2D eigenvalue weighted by atomic mass is 9.98. The van der Waals surface area contributed by atoms with Crippen LogP contribution in [0.1, 0.15) is 49.8 Å². The second-order valence-electron chi connectivity index (χ2n) is 8.98. The van der Waals surface area contributed by atoms with E-state index < -0.39 is 24.0 Å². The molecule has 2 bridgehead atoms. The molecule has 11 heteroatoms. The van der Waals surface area contributed by atoms with E-state index in [0.717, 1.165) is 18.4 Å². The number of benzene rings is 1. The highest BCUT2D eigenvalue weighted by molar-refractivity contribution is 6.39. The van der Waals surface area contributed by atoms with Crippen LogP contribution in [0.3, 0.4) is 0 Å². The predicted molar refractivity (Wildman–Crippen MR) is 113 cm³/mol. The van der Waals surface area contributed by atoms with Gasteiger partial charge in [-0.3, -0.25) is 5.32 Å². The van der Waals surface area contributed by atoms with Gasteiger partial charge in [-0.15, -0.1) is 0 Å². The quantitative estimate of drug-likeness (QED) is 0.515. The molecule has 178 valence electrons. The molecule has 0 radical (unpaired) electrons. The Bertz CT molecular complexity index is 1070. The number of hydrogen-bond acceptors (Lipinski definition) is 6. The fourth-order valence-corrected chi connectivity index (χ4v) is 5.56. The summed E-state index contributed by atoms with van der Waals surface area (Å²) < 4.78 is 55.0. The number of ether oxygens (including phenoxy) is 2. The molecule has 0 spiro atoms. The van der Waals surface area contributed by atoms with Gasteiger partial charge in [0.2, 0.25) is 0 Å². The van der Waals surface area contributed by atoms with Crippen LogP contribution in [0.2, 0.25) is 10.0 Å². The number of alkyl halides is 3. The molecule has 1 aromatic heterocycles. The first-order valence-electron chi connectivity index (χ1n) is 10.7. The van der Waals surface area contributed by atoms with Crippen LogP contribution in [0, 0.1) is 5.92 Å². The van der Waals surface area contributed by atoms with Gasteiger partial charge in [0, 0.05) is 41.8 Å². The van der Waals surface area contributed by atoms with Crippen molar-refractivity contribution in [3.63, 3.8) is 0 Å². The van der Waals surface area contributed by atoms with Gasteiger partial charge in [-0.05, 0) is 31.9 Å². The van der Waals surface area contributed by atoms with Crippen LogP contribution in [-0.2, 0) is 20.9 Å². The van der Waals surface area contributed by atoms with E-state index in [2.05, 4.69) is 10.5 Å². The number of carbonyl (C=O) groups excluding carboxylic acids is 1. The molecule has 2 heterocycles. The summed E-state index contributed by atoms with van der Waals surface area (Å²) in [6.45, 7) is 1.97. The van der Waals surface area contributed by atoms with Crippen LogP contribution >= 0.6 is 23.2 Å². The highest BCUT2D eigenvalue weighted by Gasteiger charge is 2.59. The molecule has 1 N–H and O–H groups in total. The highest BCUT2D eigenvalue weighted by Crippen LogP contribution is 2.49. The number of fused-ring (bicyclic) bond motifs is 2. The number of piperidine rings is 1. The lowest BCUT2D eigenvalue weighted by Gasteiger charge is -2.34. The number of esters is 1. The molecule has 0 amide bonds. The van der Waals surface area contributed by atoms with Gasteiger partial charge in [-0.2, -0.15) is 13.2 Å². The molecular weight excluding hydrogens is 484 g/mol. The van der Waals surface area contributed by atoms with Crippen molar-refractivity contribution in [2.45, 2.75) is 69.2 Å². The van der Waals surface area contributed by atoms with Crippen LogP contribution in [0.5, 0.6) is 0 Å². The third kappa shape index (κ3) is 4.24. The fraction of sp³-hybridized carbons (Fsp3) is 0.545. The van der Waals surface area contributed by atoms with E-state index in [1.54, 1.807) is 18.2 Å². The van der Waals surface area contributed by atoms with E-state index in [0.29, 0.717) is 27.1 Å². The first-order valence-corrected chi connectivity index (χ1v) is 11.5. The summed E-state index contributed by atoms with van der Waals surface area (Å²) in [6.07, 6.45) is -3.14. The Morgan fingerprint density at radius 1 is 1.27 bits per heavy atom. The standard InChI is InChI=1S/C22H21Cl2F3N2O4/c1-10-12-7-21(28-10,32-20(30)22(25,26)27)8-16(12)31-9-13-18(29-33-19(13)11-5-6-11)17-14(23)3-2-4-15(17)24/h2-4,10-12,16,28H,5-9H2,1H3/t10-,12+,16-,21+/m1/s1. The zero-order chi connectivity index (χ0) is 23.5. The van der Waals surface area contributed by atoms with Gasteiger partial charge < -0.3 is 14.0 Å². The minimum Gasteiger partial charge on any atom is -0.437 e. The van der Waals surface area contributed by atoms with Crippen LogP contribution in [0.25, 0.3) is 11.3 Å². The van der Waals surface area contributed by atoms with E-state index in [-0.39, 0.29) is 37.3 Å². The number of hydrogen-bond donors (Lipinski definition) is 1. The monoisotopic (exact) mass is 504 g/mol. The van der Waals surface area contributed by atoms with Crippen LogP contribution in [0.15, 0.2) is 22.7 Å². The Hall–Kier alpha value is -1.81. The molecule has 2 aliphatic carbocycles. The summed E-state index contributed by atoms with van der Waals surface area (Å²) in [7, 11) is 0. The first kappa shape index (κ1) is 23.0. The number of aromatic nitrogens is 1. The van der Waals surface area contributed by atoms with E-state index in [1.807, 2.05) is 6.92 Å². The van der Waals surface area contributed by atoms with Gasteiger partial charge in [0.25, 0.3) is 0 Å². The molecule has 4 atom stereocenters. The van der Waals surface area contributed by atoms with Crippen molar-refractivity contribution in [2.75, 3.05) is 0 Å². The van der Waals surface area contributed by atoms with Gasteiger partial charge in [0.1, 0.15) is 11.5 Å². The Kier molecular flexibility index (Phi) is 5.67. The van der Waals surface area contributed by atoms with Crippen LogP contribution in [0.4, 0.5) is 13.2 Å². The molecule has 5 rings (SSSR count). The maximum atomic E-state index is 12.8. The molecule has 2 saturated carbocycles. The van der Waals surface area contributed by atoms with E-state index >= 15 is 0 Å². The van der Waals surface area contributed by atoms with Crippen molar-refractivity contribution in [3.05, 3.63) is 39.6 Å². The number of carbonyl (C=O) groups is 1. The molecule has 1 aliphatic heterocycles. The highest BCUT2D eigenvalue weighted by atomic mass is 35.5. The number of nitrogens with zero attached hydrogens (tertiary/aromatic N) is 1. The molecule has 3 aliphatic rings. The van der Waals surface area contributed by atoms with Gasteiger partial charge in [0.15, 0.2) is 5.72 Å². The van der Waals surface area contributed by atoms with Crippen molar-refractivity contribution < 1.29 is 32.0 Å². The summed E-state index contributed by atoms with van der Waals surface area (Å²) in [6, 6.07) is 4.98. The molecule has 1 aromatic carbocycles. The van der Waals surface area contributed by atoms with Gasteiger partial charge in [-0.25, -0.2) is 4.79 Å². The van der Waals surface area contributed by atoms with E-state index in [1.165, 1.54) is 0 Å². The second kappa shape index (κ2) is 8.15. The molecular formula is C22H21Cl2F3N2O4. The molecule has 1 saturated heterocycles. The molecule has 0 unspecified atom stereocenters. The van der Waals surface area contributed by atoms with Crippen molar-refractivity contribution >= 4 is 29.2 Å². The van der Waals surface area contributed by atoms with Gasteiger partial charge in [0.05, 0.1) is 22.8 Å². The minimum absolute atomic E-state index is 0.109. The van der Waals surface area contributed by atoms with Crippen molar-refractivity contribution in [3.8, 4) is 11.3 Å². The summed E-state index contributed by atoms with van der Waals surface area (Å²) in [4.78, 5) is 11.5. The maximum absolute atomic E-state index is 12.8. The Balaban J connectivity index is 1.37. The Morgan fingerprint density at radius 3 is 2.61 bits per heavy atom. The second-order valence-corrected chi connectivity index (χ2v) is 9.80. The third-order valence-corrected chi connectivity index (χ3v) is 7.26. The number of halogens is 5. The lowest BCUT2D eigenvalue weighted by Crippen LogP contribution is -2.52. The average molecular weight is 505 g/mol. The van der Waals surface area contributed by atoms with Crippen molar-refractivity contribution in [2.24, 2.45) is 5.92 Å². The SMILES string of the molecule is C[C@H]1N[C@]2(OC(=O)C(F)(F)F)C[C@@H]1[C@H](OCc1c(-c3c(Cl)cccc3Cl)noc1C1CC1)C2. The smallest absolute Gasteiger partial charge is 0.437 e. The van der Waals surface area contributed by atoms with Gasteiger partial charge >= 0.3 is 12.1 Å². The average Bonchev–Trinajstić information content (AvgIpc) is 3.28. The Labute approximate surface area is 197 Å². The summed E-state index contributed by atoms with van der Waals surface area (Å²) >= 11 is 12.8. The fourth-order valence-electron chi connectivity index (χ4n) is 4.98. The minimum atomic E-state index is -5.05. The normalized spacial score (nSPS) is 29.0. The summed E-state index contributed by atoms with van der Waals surface area (Å²) in [5, 5.41) is 8.07. The van der Waals surface area contributed by atoms with E-state index in [9.17, 15) is 18.0 Å². The van der Waals surface area contributed by atoms with Crippen LogP contribution in [-0.4, -0.2) is 35.2 Å². The Morgan fingerprint density at radius 2 is 1.97 bits per heavy atom. The van der Waals surface area contributed by atoms with Crippen molar-refractivity contribution in [1.82, 2.24) is 10.5 Å². The third-order valence-electron chi connectivity index (χ3n) is 6.63. The molecule has 33 heavy (non-hydrogen) atoms. The molecule has 2 aromatic rings. The lowest BCUT2D eigenvalue weighted by molar-refractivity contribution is -0.217. The summed E-state index contributed by atoms with van der Waals surface area (Å²) in [5.41, 5.74) is 0.399. The summed E-state index contributed by atoms with van der Waals surface area (Å²) in [5.74, 6) is -1.35. The largest absolute Gasteiger partial charge is 0.490 e. The number of nitrogens with one attached hydrogen (secondary N) is 1. The van der Waals surface area contributed by atoms with Crippen molar-refractivity contribution in [1.29, 1.82) is 0 Å². The molecule has 6 nitrogen and oxygen atoms in total. The topological polar surface area (TPSA) is 73.6 Å². The first-order chi connectivity index (χ1) is 15.6.